The summed E-state index contributed by atoms with van der Waals surface area (Å²) in [4.78, 5) is 29.2. The second-order valence-electron chi connectivity index (χ2n) is 9.62. The Morgan fingerprint density at radius 1 is 0.889 bits per heavy atom. The molecule has 0 spiro atoms. The highest BCUT2D eigenvalue weighted by molar-refractivity contribution is 5.87. The molecule has 0 N–H and O–H groups in total. The molecule has 0 bridgehead atoms. The van der Waals surface area contributed by atoms with Crippen molar-refractivity contribution in [3.05, 3.63) is 88.9 Å². The van der Waals surface area contributed by atoms with Crippen LogP contribution < -0.4 is 10.7 Å². The van der Waals surface area contributed by atoms with E-state index < -0.39 is 5.76 Å². The maximum Gasteiger partial charge on any atom is 0.422 e. The number of oxazole rings is 1. The second kappa shape index (κ2) is 9.66. The molecule has 2 fully saturated rings. The molecule has 184 valence electrons. The molecule has 0 unspecified atom stereocenters. The number of fused-ring (bicyclic) bond motifs is 1. The van der Waals surface area contributed by atoms with Gasteiger partial charge in [0.2, 0.25) is 0 Å². The van der Waals surface area contributed by atoms with Gasteiger partial charge in [-0.25, -0.2) is 9.36 Å². The Balaban J connectivity index is 1.13. The van der Waals surface area contributed by atoms with Crippen molar-refractivity contribution in [1.29, 1.82) is 0 Å². The fourth-order valence-corrected chi connectivity index (χ4v) is 4.89. The number of anilines is 1. The molecule has 2 aliphatic rings. The van der Waals surface area contributed by atoms with Crippen molar-refractivity contribution in [3.63, 3.8) is 0 Å². The SMILES string of the molecule is O=C(OCn1c(=O)oc2c(N3CCN(Cc4cccc(-c5ccccc5)c4)CC3)cccc21)C1CC1. The maximum atomic E-state index is 12.5. The predicted octanol–water partition coefficient (Wildman–Crippen LogP) is 4.49. The first-order valence-electron chi connectivity index (χ1n) is 12.6. The first-order chi connectivity index (χ1) is 17.7. The summed E-state index contributed by atoms with van der Waals surface area (Å²) in [5.74, 6) is -0.748. The third-order valence-corrected chi connectivity index (χ3v) is 7.07. The van der Waals surface area contributed by atoms with Crippen molar-refractivity contribution < 1.29 is 13.9 Å². The highest BCUT2D eigenvalue weighted by Crippen LogP contribution is 2.31. The molecule has 1 aliphatic carbocycles. The summed E-state index contributed by atoms with van der Waals surface area (Å²) < 4.78 is 12.4. The number of esters is 1. The lowest BCUT2D eigenvalue weighted by Gasteiger charge is -2.36. The van der Waals surface area contributed by atoms with Gasteiger partial charge in [-0.15, -0.1) is 0 Å². The Kier molecular flexibility index (Phi) is 6.07. The summed E-state index contributed by atoms with van der Waals surface area (Å²) in [5, 5.41) is 0. The van der Waals surface area contributed by atoms with Crippen LogP contribution in [-0.4, -0.2) is 41.6 Å². The van der Waals surface area contributed by atoms with E-state index in [9.17, 15) is 9.59 Å². The molecule has 36 heavy (non-hydrogen) atoms. The van der Waals surface area contributed by atoms with E-state index >= 15 is 0 Å². The number of para-hydroxylation sites is 1. The van der Waals surface area contributed by atoms with Gasteiger partial charge in [0.1, 0.15) is 0 Å². The molecule has 3 aromatic carbocycles. The quantitative estimate of drug-likeness (QED) is 0.361. The highest BCUT2D eigenvalue weighted by Gasteiger charge is 2.31. The molecule has 0 atom stereocenters. The molecular weight excluding hydrogens is 454 g/mol. The minimum absolute atomic E-state index is 0.00784. The van der Waals surface area contributed by atoms with E-state index in [2.05, 4.69) is 58.3 Å². The van der Waals surface area contributed by atoms with Crippen LogP contribution in [-0.2, 0) is 22.8 Å². The van der Waals surface area contributed by atoms with Crippen LogP contribution in [0.3, 0.4) is 0 Å². The molecular formula is C29H29N3O4. The molecule has 1 aliphatic heterocycles. The minimum atomic E-state index is -0.502. The summed E-state index contributed by atoms with van der Waals surface area (Å²) >= 11 is 0. The zero-order valence-electron chi connectivity index (χ0n) is 20.1. The van der Waals surface area contributed by atoms with E-state index in [1.165, 1.54) is 21.3 Å². The van der Waals surface area contributed by atoms with Crippen molar-refractivity contribution in [2.75, 3.05) is 31.1 Å². The number of nitrogens with zero attached hydrogens (tertiary/aromatic N) is 3. The minimum Gasteiger partial charge on any atom is -0.443 e. The van der Waals surface area contributed by atoms with Crippen LogP contribution in [0.1, 0.15) is 18.4 Å². The van der Waals surface area contributed by atoms with Crippen LogP contribution in [0.5, 0.6) is 0 Å². The van der Waals surface area contributed by atoms with Crippen molar-refractivity contribution in [2.45, 2.75) is 26.1 Å². The molecule has 6 rings (SSSR count). The summed E-state index contributed by atoms with van der Waals surface area (Å²) in [6, 6.07) is 25.0. The number of benzene rings is 3. The standard InChI is InChI=1S/C29H29N3O4/c33-28(23-12-13-23)35-20-32-26-11-5-10-25(27(26)36-29(32)34)31-16-14-30(15-17-31)19-21-6-4-9-24(18-21)22-7-2-1-3-8-22/h1-11,18,23H,12-17,19-20H2. The third kappa shape index (κ3) is 4.66. The van der Waals surface area contributed by atoms with Gasteiger partial charge in [-0.05, 0) is 47.7 Å². The van der Waals surface area contributed by atoms with Crippen LogP contribution in [0.15, 0.2) is 82.0 Å². The Morgan fingerprint density at radius 3 is 2.42 bits per heavy atom. The van der Waals surface area contributed by atoms with Gasteiger partial charge in [0.05, 0.1) is 17.1 Å². The fourth-order valence-electron chi connectivity index (χ4n) is 4.89. The summed E-state index contributed by atoms with van der Waals surface area (Å²) in [6.45, 7) is 4.29. The lowest BCUT2D eigenvalue weighted by Crippen LogP contribution is -2.46. The Hall–Kier alpha value is -3.84. The Bertz CT molecular complexity index is 1430. The van der Waals surface area contributed by atoms with Gasteiger partial charge in [0.15, 0.2) is 12.3 Å². The number of rotatable bonds is 7. The van der Waals surface area contributed by atoms with E-state index in [0.717, 1.165) is 51.3 Å². The first kappa shape index (κ1) is 22.6. The number of hydrogen-bond donors (Lipinski definition) is 0. The van der Waals surface area contributed by atoms with Crippen LogP contribution in [0, 0.1) is 5.92 Å². The zero-order chi connectivity index (χ0) is 24.5. The molecule has 4 aromatic rings. The van der Waals surface area contributed by atoms with E-state index in [1.54, 1.807) is 0 Å². The molecule has 1 saturated carbocycles. The molecule has 0 amide bonds. The summed E-state index contributed by atoms with van der Waals surface area (Å²) in [7, 11) is 0. The molecule has 0 radical (unpaired) electrons. The van der Waals surface area contributed by atoms with Gasteiger partial charge in [-0.1, -0.05) is 54.6 Å². The summed E-state index contributed by atoms with van der Waals surface area (Å²) in [6.07, 6.45) is 1.74. The lowest BCUT2D eigenvalue weighted by atomic mass is 10.0. The van der Waals surface area contributed by atoms with E-state index in [4.69, 9.17) is 9.15 Å². The molecule has 7 heteroatoms. The number of ether oxygens (including phenoxy) is 1. The van der Waals surface area contributed by atoms with Crippen LogP contribution in [0.4, 0.5) is 5.69 Å². The lowest BCUT2D eigenvalue weighted by molar-refractivity contribution is -0.149. The molecule has 7 nitrogen and oxygen atoms in total. The Labute approximate surface area is 209 Å². The first-order valence-corrected chi connectivity index (χ1v) is 12.6. The average molecular weight is 484 g/mol. The van der Waals surface area contributed by atoms with Crippen LogP contribution >= 0.6 is 0 Å². The summed E-state index contributed by atoms with van der Waals surface area (Å²) in [5.41, 5.74) is 5.88. The van der Waals surface area contributed by atoms with E-state index in [-0.39, 0.29) is 18.6 Å². The van der Waals surface area contributed by atoms with Gasteiger partial charge in [0, 0.05) is 32.7 Å². The largest absolute Gasteiger partial charge is 0.443 e. The van der Waals surface area contributed by atoms with Gasteiger partial charge in [0.25, 0.3) is 0 Å². The topological polar surface area (TPSA) is 67.9 Å². The normalized spacial score (nSPS) is 16.4. The van der Waals surface area contributed by atoms with Gasteiger partial charge in [-0.3, -0.25) is 9.69 Å². The number of carbonyl (C=O) groups is 1. The number of aromatic nitrogens is 1. The Morgan fingerprint density at radius 2 is 1.64 bits per heavy atom. The molecule has 1 aromatic heterocycles. The van der Waals surface area contributed by atoms with Crippen molar-refractivity contribution in [1.82, 2.24) is 9.47 Å². The smallest absolute Gasteiger partial charge is 0.422 e. The molecule has 2 heterocycles. The second-order valence-corrected chi connectivity index (χ2v) is 9.62. The highest BCUT2D eigenvalue weighted by atomic mass is 16.5. The van der Waals surface area contributed by atoms with Gasteiger partial charge >= 0.3 is 11.7 Å². The van der Waals surface area contributed by atoms with E-state index in [0.29, 0.717) is 11.1 Å². The average Bonchev–Trinajstić information content (AvgIpc) is 3.72. The zero-order valence-corrected chi connectivity index (χ0v) is 20.1. The van der Waals surface area contributed by atoms with Crippen molar-refractivity contribution >= 4 is 22.8 Å². The number of piperazine rings is 1. The fraction of sp³-hybridized carbons (Fsp3) is 0.310. The molecule has 1 saturated heterocycles. The van der Waals surface area contributed by atoms with Crippen LogP contribution in [0.25, 0.3) is 22.2 Å². The van der Waals surface area contributed by atoms with E-state index in [1.807, 2.05) is 24.3 Å². The van der Waals surface area contributed by atoms with Crippen molar-refractivity contribution in [2.24, 2.45) is 5.92 Å². The van der Waals surface area contributed by atoms with Crippen LogP contribution in [0.2, 0.25) is 0 Å². The predicted molar refractivity (Wildman–Crippen MR) is 139 cm³/mol. The third-order valence-electron chi connectivity index (χ3n) is 7.07. The van der Waals surface area contributed by atoms with Gasteiger partial charge in [-0.2, -0.15) is 0 Å². The number of carbonyl (C=O) groups excluding carboxylic acids is 1. The maximum absolute atomic E-state index is 12.5. The number of hydrogen-bond acceptors (Lipinski definition) is 6. The van der Waals surface area contributed by atoms with Crippen molar-refractivity contribution in [3.8, 4) is 11.1 Å². The monoisotopic (exact) mass is 483 g/mol. The van der Waals surface area contributed by atoms with Gasteiger partial charge < -0.3 is 14.1 Å².